The van der Waals surface area contributed by atoms with Crippen LogP contribution in [0.2, 0.25) is 0 Å². The van der Waals surface area contributed by atoms with Crippen LogP contribution < -0.4 is 0 Å². The molecule has 0 N–H and O–H groups in total. The third-order valence-corrected chi connectivity index (χ3v) is 11.1. The van der Waals surface area contributed by atoms with Gasteiger partial charge in [0.15, 0.2) is 0 Å². The molecule has 0 amide bonds. The number of hydrogen-bond donors (Lipinski definition) is 0. The summed E-state index contributed by atoms with van der Waals surface area (Å²) in [6, 6.07) is 64.2. The van der Waals surface area contributed by atoms with Crippen LogP contribution in [0.15, 0.2) is 186 Å². The van der Waals surface area contributed by atoms with Crippen molar-refractivity contribution in [2.24, 2.45) is 0 Å². The number of para-hydroxylation sites is 3. The molecule has 55 heavy (non-hydrogen) atoms. The summed E-state index contributed by atoms with van der Waals surface area (Å²) in [5.41, 5.74) is 12.3. The maximum absolute atomic E-state index is 6.51. The summed E-state index contributed by atoms with van der Waals surface area (Å²) in [7, 11) is 0. The minimum absolute atomic E-state index is 0.615. The van der Waals surface area contributed by atoms with Gasteiger partial charge in [0.2, 0.25) is 5.95 Å². The summed E-state index contributed by atoms with van der Waals surface area (Å²) >= 11 is 0. The van der Waals surface area contributed by atoms with Crippen LogP contribution in [0.4, 0.5) is 0 Å². The Morgan fingerprint density at radius 3 is 1.87 bits per heavy atom. The van der Waals surface area contributed by atoms with E-state index in [1.54, 1.807) is 0 Å². The van der Waals surface area contributed by atoms with E-state index in [2.05, 4.69) is 167 Å². The lowest BCUT2D eigenvalue weighted by Crippen LogP contribution is -2.03. The SMILES string of the molecule is c1ccc(-c2ccc(-n3c4ccccc4c4c3ccc3c5cc6c(cc5n(-c5nc(-c7ccccc7)c7ccccc7n5)c34)oc3ccccc36)cc2)cc1. The number of aromatic nitrogens is 4. The predicted molar refractivity (Wildman–Crippen MR) is 226 cm³/mol. The number of fused-ring (bicyclic) bond motifs is 11. The zero-order valence-electron chi connectivity index (χ0n) is 29.5. The van der Waals surface area contributed by atoms with E-state index in [0.717, 1.165) is 93.4 Å². The Morgan fingerprint density at radius 1 is 0.382 bits per heavy atom. The maximum Gasteiger partial charge on any atom is 0.235 e. The average Bonchev–Trinajstić information content (AvgIpc) is 3.90. The number of hydrogen-bond acceptors (Lipinski definition) is 3. The molecule has 0 atom stereocenters. The van der Waals surface area contributed by atoms with Gasteiger partial charge in [-0.15, -0.1) is 0 Å². The summed E-state index contributed by atoms with van der Waals surface area (Å²) < 4.78 is 11.2. The lowest BCUT2D eigenvalue weighted by Gasteiger charge is -2.12. The van der Waals surface area contributed by atoms with Gasteiger partial charge in [0.25, 0.3) is 0 Å². The molecule has 5 heteroatoms. The Bertz CT molecular complexity index is 3470. The van der Waals surface area contributed by atoms with Gasteiger partial charge in [0.05, 0.1) is 33.3 Å². The first-order valence-electron chi connectivity index (χ1n) is 18.6. The third kappa shape index (κ3) is 4.41. The van der Waals surface area contributed by atoms with Crippen LogP contribution in [0, 0.1) is 0 Å². The molecule has 0 unspecified atom stereocenters. The van der Waals surface area contributed by atoms with Crippen molar-refractivity contribution >= 4 is 76.5 Å². The van der Waals surface area contributed by atoms with Gasteiger partial charge in [0, 0.05) is 55.0 Å². The molecule has 12 rings (SSSR count). The van der Waals surface area contributed by atoms with E-state index in [9.17, 15) is 0 Å². The Morgan fingerprint density at radius 2 is 1.05 bits per heavy atom. The second-order valence-electron chi connectivity index (χ2n) is 14.2. The van der Waals surface area contributed by atoms with Gasteiger partial charge < -0.3 is 8.98 Å². The van der Waals surface area contributed by atoms with Gasteiger partial charge in [-0.1, -0.05) is 133 Å². The van der Waals surface area contributed by atoms with Crippen LogP contribution in [-0.2, 0) is 0 Å². The van der Waals surface area contributed by atoms with Crippen LogP contribution in [0.1, 0.15) is 0 Å². The summed E-state index contributed by atoms with van der Waals surface area (Å²) in [6.45, 7) is 0. The van der Waals surface area contributed by atoms with Crippen molar-refractivity contribution in [1.29, 1.82) is 0 Å². The lowest BCUT2D eigenvalue weighted by molar-refractivity contribution is 0.669. The van der Waals surface area contributed by atoms with Crippen molar-refractivity contribution in [3.8, 4) is 34.0 Å². The predicted octanol–water partition coefficient (Wildman–Crippen LogP) is 13.1. The molecule has 4 heterocycles. The van der Waals surface area contributed by atoms with Crippen LogP contribution in [0.3, 0.4) is 0 Å². The molecule has 12 aromatic rings. The Balaban J connectivity index is 1.22. The molecule has 0 saturated carbocycles. The maximum atomic E-state index is 6.51. The highest BCUT2D eigenvalue weighted by Crippen LogP contribution is 2.44. The summed E-state index contributed by atoms with van der Waals surface area (Å²) in [6.07, 6.45) is 0. The van der Waals surface area contributed by atoms with E-state index < -0.39 is 0 Å². The summed E-state index contributed by atoms with van der Waals surface area (Å²) in [5.74, 6) is 0.615. The first-order chi connectivity index (χ1) is 27.3. The van der Waals surface area contributed by atoms with Crippen LogP contribution in [0.5, 0.6) is 0 Å². The van der Waals surface area contributed by atoms with Crippen molar-refractivity contribution in [2.45, 2.75) is 0 Å². The highest BCUT2D eigenvalue weighted by molar-refractivity contribution is 6.27. The molecular weight excluding hydrogens is 673 g/mol. The van der Waals surface area contributed by atoms with E-state index >= 15 is 0 Å². The van der Waals surface area contributed by atoms with Crippen molar-refractivity contribution in [3.63, 3.8) is 0 Å². The topological polar surface area (TPSA) is 48.8 Å². The van der Waals surface area contributed by atoms with Gasteiger partial charge >= 0.3 is 0 Å². The average molecular weight is 703 g/mol. The van der Waals surface area contributed by atoms with Gasteiger partial charge in [-0.25, -0.2) is 9.97 Å². The second kappa shape index (κ2) is 11.5. The van der Waals surface area contributed by atoms with Crippen LogP contribution >= 0.6 is 0 Å². The smallest absolute Gasteiger partial charge is 0.235 e. The molecule has 8 aromatic carbocycles. The fourth-order valence-corrected chi connectivity index (χ4v) is 8.67. The molecule has 0 bridgehead atoms. The Kier molecular flexibility index (Phi) is 6.27. The van der Waals surface area contributed by atoms with E-state index in [1.807, 2.05) is 24.3 Å². The van der Waals surface area contributed by atoms with Gasteiger partial charge in [-0.2, -0.15) is 0 Å². The number of furan rings is 1. The van der Waals surface area contributed by atoms with E-state index in [0.29, 0.717) is 5.95 Å². The Labute approximate surface area is 315 Å². The first kappa shape index (κ1) is 30.0. The number of nitrogens with zero attached hydrogens (tertiary/aromatic N) is 4. The molecule has 5 nitrogen and oxygen atoms in total. The second-order valence-corrected chi connectivity index (χ2v) is 14.2. The first-order valence-corrected chi connectivity index (χ1v) is 18.6. The quantitative estimate of drug-likeness (QED) is 0.183. The van der Waals surface area contributed by atoms with E-state index in [-0.39, 0.29) is 0 Å². The van der Waals surface area contributed by atoms with Crippen molar-refractivity contribution in [2.75, 3.05) is 0 Å². The number of rotatable bonds is 4. The fourth-order valence-electron chi connectivity index (χ4n) is 8.67. The molecule has 0 aliphatic rings. The standard InChI is InChI=1S/C50H30N4O/c1-3-13-31(14-4-1)32-23-25-34(26-24-32)53-42-21-11-8-19-38(42)47-43(53)28-27-36-39-29-40-35-17-9-12-22-45(35)55-46(40)30-44(39)54(49(36)47)50-51-41-20-10-7-18-37(41)48(52-50)33-15-5-2-6-16-33/h1-30H. The van der Waals surface area contributed by atoms with E-state index in [1.165, 1.54) is 11.1 Å². The summed E-state index contributed by atoms with van der Waals surface area (Å²) in [5, 5.41) is 7.78. The van der Waals surface area contributed by atoms with Gasteiger partial charge in [-0.3, -0.25) is 4.57 Å². The largest absolute Gasteiger partial charge is 0.456 e. The van der Waals surface area contributed by atoms with Gasteiger partial charge in [0.1, 0.15) is 11.2 Å². The lowest BCUT2D eigenvalue weighted by atomic mass is 10.1. The molecule has 256 valence electrons. The fraction of sp³-hybridized carbons (Fsp3) is 0. The third-order valence-electron chi connectivity index (χ3n) is 11.1. The number of benzene rings is 8. The normalized spacial score (nSPS) is 12.0. The molecule has 0 aliphatic carbocycles. The van der Waals surface area contributed by atoms with E-state index in [4.69, 9.17) is 14.4 Å². The van der Waals surface area contributed by atoms with Crippen LogP contribution in [-0.4, -0.2) is 19.1 Å². The summed E-state index contributed by atoms with van der Waals surface area (Å²) in [4.78, 5) is 10.8. The highest BCUT2D eigenvalue weighted by Gasteiger charge is 2.24. The zero-order valence-corrected chi connectivity index (χ0v) is 29.5. The van der Waals surface area contributed by atoms with Crippen molar-refractivity contribution in [3.05, 3.63) is 182 Å². The Hall–Kier alpha value is -7.50. The van der Waals surface area contributed by atoms with Crippen molar-refractivity contribution < 1.29 is 4.42 Å². The minimum atomic E-state index is 0.615. The molecular formula is C50H30N4O. The minimum Gasteiger partial charge on any atom is -0.456 e. The molecule has 0 aliphatic heterocycles. The zero-order chi connectivity index (χ0) is 36.0. The van der Waals surface area contributed by atoms with Crippen molar-refractivity contribution in [1.82, 2.24) is 19.1 Å². The molecule has 0 fully saturated rings. The van der Waals surface area contributed by atoms with Gasteiger partial charge in [-0.05, 0) is 53.6 Å². The molecule has 4 aromatic heterocycles. The molecule has 0 radical (unpaired) electrons. The van der Waals surface area contributed by atoms with Crippen LogP contribution in [0.25, 0.3) is 110 Å². The highest BCUT2D eigenvalue weighted by atomic mass is 16.3. The molecule has 0 spiro atoms. The molecule has 0 saturated heterocycles. The monoisotopic (exact) mass is 702 g/mol.